The molecule has 2 aliphatic rings. The fourth-order valence-corrected chi connectivity index (χ4v) is 5.44. The fourth-order valence-electron chi connectivity index (χ4n) is 4.65. The number of likely N-dealkylation sites (tertiary alicyclic amines) is 1. The van der Waals surface area contributed by atoms with Crippen molar-refractivity contribution in [3.63, 3.8) is 0 Å². The summed E-state index contributed by atoms with van der Waals surface area (Å²) in [6.07, 6.45) is -1.32. The molecule has 1 saturated carbocycles. The quantitative estimate of drug-likeness (QED) is 0.589. The van der Waals surface area contributed by atoms with E-state index in [2.05, 4.69) is 0 Å². The predicted molar refractivity (Wildman–Crippen MR) is 115 cm³/mol. The van der Waals surface area contributed by atoms with Crippen LogP contribution in [0, 0.1) is 23.4 Å². The Bertz CT molecular complexity index is 1230. The second kappa shape index (κ2) is 9.12. The zero-order valence-corrected chi connectivity index (χ0v) is 19.3. The number of rotatable bonds is 6. The number of halogens is 6. The molecule has 190 valence electrons. The Labute approximate surface area is 198 Å². The van der Waals surface area contributed by atoms with Crippen molar-refractivity contribution >= 4 is 15.9 Å². The van der Waals surface area contributed by atoms with Gasteiger partial charge in [-0.15, -0.1) is 0 Å². The highest BCUT2D eigenvalue weighted by molar-refractivity contribution is 7.88. The van der Waals surface area contributed by atoms with Crippen molar-refractivity contribution in [1.82, 2.24) is 9.62 Å². The van der Waals surface area contributed by atoms with Crippen molar-refractivity contribution in [2.24, 2.45) is 5.92 Å². The average molecular weight is 520 g/mol. The Morgan fingerprint density at radius 1 is 1.11 bits per heavy atom. The van der Waals surface area contributed by atoms with Crippen molar-refractivity contribution in [2.75, 3.05) is 12.8 Å². The molecule has 0 unspecified atom stereocenters. The van der Waals surface area contributed by atoms with Crippen LogP contribution in [-0.4, -0.2) is 56.2 Å². The molecule has 5 nitrogen and oxygen atoms in total. The molecule has 2 aromatic rings. The number of amides is 1. The first-order valence-electron chi connectivity index (χ1n) is 10.8. The van der Waals surface area contributed by atoms with E-state index in [1.165, 1.54) is 18.2 Å². The molecule has 0 radical (unpaired) electrons. The normalized spacial score (nSPS) is 26.0. The summed E-state index contributed by atoms with van der Waals surface area (Å²) in [6, 6.07) is 2.74. The van der Waals surface area contributed by atoms with E-state index in [1.807, 2.05) is 4.72 Å². The summed E-state index contributed by atoms with van der Waals surface area (Å²) in [4.78, 5) is 13.7. The lowest BCUT2D eigenvalue weighted by atomic mass is 9.82. The number of carbonyl (C=O) groups excluding carboxylic acids is 1. The lowest BCUT2D eigenvalue weighted by Gasteiger charge is -2.35. The minimum atomic E-state index is -4.15. The molecular weight excluding hydrogens is 498 g/mol. The number of sulfonamides is 1. The maximum Gasteiger partial charge on any atom is 0.283 e. The molecule has 1 aliphatic heterocycles. The zero-order chi connectivity index (χ0) is 25.7. The van der Waals surface area contributed by atoms with Gasteiger partial charge in [-0.25, -0.2) is 39.5 Å². The topological polar surface area (TPSA) is 66.5 Å². The van der Waals surface area contributed by atoms with E-state index >= 15 is 4.39 Å². The number of nitrogens with one attached hydrogen (secondary N) is 1. The van der Waals surface area contributed by atoms with E-state index in [4.69, 9.17) is 0 Å². The smallest absolute Gasteiger partial charge is 0.283 e. The summed E-state index contributed by atoms with van der Waals surface area (Å²) in [5, 5.41) is 0. The second-order valence-corrected chi connectivity index (χ2v) is 10.8. The van der Waals surface area contributed by atoms with Gasteiger partial charge in [0.2, 0.25) is 15.9 Å². The number of hydrogen-bond acceptors (Lipinski definition) is 3. The highest BCUT2D eigenvalue weighted by Gasteiger charge is 2.58. The molecule has 2 aromatic carbocycles. The molecular formula is C23H22F6N2O3S. The molecule has 0 bridgehead atoms. The van der Waals surface area contributed by atoms with Gasteiger partial charge in [-0.3, -0.25) is 4.79 Å². The third-order valence-corrected chi connectivity index (χ3v) is 7.04. The SMILES string of the molecule is CS(=O)(=O)N[C@@H]1[C@H](Cc2cccc(-c3cc(F)cc(F)c3)c2F)N(C(=O)[C@H]2C[C@H](F)C2)CC1(F)F. The first-order valence-corrected chi connectivity index (χ1v) is 12.7. The number of nitrogens with zero attached hydrogens (tertiary/aromatic N) is 1. The van der Waals surface area contributed by atoms with Crippen LogP contribution in [0.2, 0.25) is 0 Å². The summed E-state index contributed by atoms with van der Waals surface area (Å²) in [7, 11) is -4.15. The maximum atomic E-state index is 15.4. The maximum absolute atomic E-state index is 15.4. The van der Waals surface area contributed by atoms with E-state index in [1.54, 1.807) is 0 Å². The summed E-state index contributed by atoms with van der Waals surface area (Å²) >= 11 is 0. The van der Waals surface area contributed by atoms with Crippen LogP contribution in [0.15, 0.2) is 36.4 Å². The van der Waals surface area contributed by atoms with Crippen LogP contribution < -0.4 is 4.72 Å². The fraction of sp³-hybridized carbons (Fsp3) is 0.435. The highest BCUT2D eigenvalue weighted by Crippen LogP contribution is 2.40. The predicted octanol–water partition coefficient (Wildman–Crippen LogP) is 3.83. The van der Waals surface area contributed by atoms with Crippen LogP contribution in [-0.2, 0) is 21.2 Å². The van der Waals surface area contributed by atoms with Gasteiger partial charge in [0.05, 0.1) is 18.8 Å². The van der Waals surface area contributed by atoms with Gasteiger partial charge in [-0.2, -0.15) is 0 Å². The Balaban J connectivity index is 1.72. The molecule has 1 N–H and O–H groups in total. The molecule has 1 aliphatic carbocycles. The van der Waals surface area contributed by atoms with Gasteiger partial charge in [0.15, 0.2) is 0 Å². The lowest BCUT2D eigenvalue weighted by molar-refractivity contribution is -0.142. The van der Waals surface area contributed by atoms with Crippen molar-refractivity contribution in [3.05, 3.63) is 59.4 Å². The minimum Gasteiger partial charge on any atom is -0.331 e. The standard InChI is InChI=1S/C23H22F6N2O3S/c1-35(33,34)30-21-19(31(11-23(21,28)29)22(32)14-7-15(24)8-14)9-12-3-2-4-18(20(12)27)13-5-16(25)10-17(26)6-13/h2-6,10,14-15,19,21,30H,7-9,11H2,1H3/t14-,15-,19-,21+/m0/s1. The van der Waals surface area contributed by atoms with E-state index in [0.717, 1.165) is 17.0 Å². The molecule has 2 fully saturated rings. The summed E-state index contributed by atoms with van der Waals surface area (Å²) in [6.45, 7) is -1.12. The van der Waals surface area contributed by atoms with E-state index < -0.39 is 76.4 Å². The van der Waals surface area contributed by atoms with E-state index in [0.29, 0.717) is 12.3 Å². The largest absolute Gasteiger partial charge is 0.331 e. The molecule has 1 amide bonds. The Kier molecular flexibility index (Phi) is 6.64. The van der Waals surface area contributed by atoms with Gasteiger partial charge >= 0.3 is 0 Å². The van der Waals surface area contributed by atoms with Crippen LogP contribution in [0.5, 0.6) is 0 Å². The number of carbonyl (C=O) groups is 1. The van der Waals surface area contributed by atoms with Crippen LogP contribution >= 0.6 is 0 Å². The van der Waals surface area contributed by atoms with E-state index in [9.17, 15) is 35.2 Å². The highest BCUT2D eigenvalue weighted by atomic mass is 32.2. The van der Waals surface area contributed by atoms with Gasteiger partial charge in [-0.05, 0) is 42.5 Å². The van der Waals surface area contributed by atoms with Crippen LogP contribution in [0.3, 0.4) is 0 Å². The summed E-state index contributed by atoms with van der Waals surface area (Å²) in [5.74, 6) is -8.10. The van der Waals surface area contributed by atoms with Crippen molar-refractivity contribution < 1.29 is 39.6 Å². The monoisotopic (exact) mass is 520 g/mol. The molecule has 4 rings (SSSR count). The van der Waals surface area contributed by atoms with Crippen LogP contribution in [0.4, 0.5) is 26.3 Å². The van der Waals surface area contributed by atoms with Crippen molar-refractivity contribution in [1.29, 1.82) is 0 Å². The number of alkyl halides is 3. The van der Waals surface area contributed by atoms with Gasteiger partial charge in [0, 0.05) is 17.5 Å². The Morgan fingerprint density at radius 3 is 2.31 bits per heavy atom. The molecule has 1 saturated heterocycles. The van der Waals surface area contributed by atoms with Gasteiger partial charge in [-0.1, -0.05) is 18.2 Å². The molecule has 1 heterocycles. The third-order valence-electron chi connectivity index (χ3n) is 6.36. The van der Waals surface area contributed by atoms with Crippen LogP contribution in [0.1, 0.15) is 18.4 Å². The van der Waals surface area contributed by atoms with Gasteiger partial charge in [0.25, 0.3) is 5.92 Å². The van der Waals surface area contributed by atoms with Crippen molar-refractivity contribution in [2.45, 2.75) is 43.4 Å². The minimum absolute atomic E-state index is 0.124. The average Bonchev–Trinajstić information content (AvgIpc) is 2.95. The van der Waals surface area contributed by atoms with E-state index in [-0.39, 0.29) is 29.5 Å². The lowest BCUT2D eigenvalue weighted by Crippen LogP contribution is -2.53. The van der Waals surface area contributed by atoms with Crippen LogP contribution in [0.25, 0.3) is 11.1 Å². The summed E-state index contributed by atoms with van der Waals surface area (Å²) < 4.78 is 111. The first kappa shape index (κ1) is 25.5. The Morgan fingerprint density at radius 2 is 1.74 bits per heavy atom. The van der Waals surface area contributed by atoms with Gasteiger partial charge < -0.3 is 4.90 Å². The third kappa shape index (κ3) is 5.32. The molecule has 0 spiro atoms. The molecule has 35 heavy (non-hydrogen) atoms. The summed E-state index contributed by atoms with van der Waals surface area (Å²) in [5.41, 5.74) is -0.485. The number of hydrogen-bond donors (Lipinski definition) is 1. The molecule has 2 atom stereocenters. The van der Waals surface area contributed by atoms with Gasteiger partial charge in [0.1, 0.15) is 29.7 Å². The number of benzene rings is 2. The first-order chi connectivity index (χ1) is 16.2. The second-order valence-electron chi connectivity index (χ2n) is 9.07. The Hall–Kier alpha value is -2.60. The zero-order valence-electron chi connectivity index (χ0n) is 18.4. The van der Waals surface area contributed by atoms with Crippen molar-refractivity contribution in [3.8, 4) is 11.1 Å². The molecule has 12 heteroatoms. The molecule has 0 aromatic heterocycles.